The van der Waals surface area contributed by atoms with Crippen LogP contribution in [-0.2, 0) is 14.3 Å². The van der Waals surface area contributed by atoms with Crippen LogP contribution in [0.25, 0.3) is 0 Å². The molecule has 1 unspecified atom stereocenters. The average Bonchev–Trinajstić information content (AvgIpc) is 3.27. The minimum atomic E-state index is -1.05. The van der Waals surface area contributed by atoms with Gasteiger partial charge < -0.3 is 20.2 Å². The number of aliphatic hydroxyl groups is 1. The second-order valence-electron chi connectivity index (χ2n) is 10.3. The standard InChI is InChI=1S/C30H28BrN5O6/c31-20-3-1-19(2-4-20)28(37)26-14-13-25-27(35(26)32-21-5-7-24(8-6-21)36(40)41)30(39)34(29(25)38)23-11-9-22(10-12-23)33-15-17-42-18-16-33/h1-14,25-28,32,37H,15-18H2/t25-,26?,27+,28-/m1/s1. The summed E-state index contributed by atoms with van der Waals surface area (Å²) in [6.45, 7) is 2.82. The number of aliphatic hydroxyl groups excluding tert-OH is 1. The summed E-state index contributed by atoms with van der Waals surface area (Å²) >= 11 is 3.41. The third-order valence-corrected chi connectivity index (χ3v) is 8.34. The first kappa shape index (κ1) is 28.0. The van der Waals surface area contributed by atoms with Gasteiger partial charge in [0.1, 0.15) is 6.04 Å². The van der Waals surface area contributed by atoms with Gasteiger partial charge in [0.2, 0.25) is 5.91 Å². The highest BCUT2D eigenvalue weighted by atomic mass is 79.9. The number of carbonyl (C=O) groups is 2. The van der Waals surface area contributed by atoms with Gasteiger partial charge in [-0.25, -0.2) is 9.91 Å². The lowest BCUT2D eigenvalue weighted by Gasteiger charge is -2.40. The van der Waals surface area contributed by atoms with E-state index >= 15 is 0 Å². The predicted octanol–water partition coefficient (Wildman–Crippen LogP) is 4.05. The first-order valence-corrected chi connectivity index (χ1v) is 14.3. The van der Waals surface area contributed by atoms with Crippen molar-refractivity contribution in [2.75, 3.05) is 41.5 Å². The summed E-state index contributed by atoms with van der Waals surface area (Å²) in [4.78, 5) is 41.7. The number of nitro benzene ring substituents is 1. The highest BCUT2D eigenvalue weighted by Gasteiger charge is 2.54. The molecule has 2 amide bonds. The molecule has 2 N–H and O–H groups in total. The van der Waals surface area contributed by atoms with Crippen molar-refractivity contribution in [2.24, 2.45) is 5.92 Å². The SMILES string of the molecule is O=C1[C@@H]2[C@@H](C=CC([C@H](O)c3ccc(Br)cc3)N2Nc2ccc([N+](=O)[O-])cc2)C(=O)N1c1ccc(N2CCOCC2)cc1. The number of morpholine rings is 1. The van der Waals surface area contributed by atoms with Crippen LogP contribution in [0.2, 0.25) is 0 Å². The molecule has 2 saturated heterocycles. The topological polar surface area (TPSA) is 128 Å². The van der Waals surface area contributed by atoms with Gasteiger partial charge in [-0.1, -0.05) is 40.2 Å². The van der Waals surface area contributed by atoms with E-state index in [1.165, 1.54) is 29.2 Å². The fourth-order valence-electron chi connectivity index (χ4n) is 5.62. The van der Waals surface area contributed by atoms with E-state index in [9.17, 15) is 24.8 Å². The van der Waals surface area contributed by atoms with Crippen LogP contribution in [0.15, 0.2) is 89.4 Å². The number of fused-ring (bicyclic) bond motifs is 1. The van der Waals surface area contributed by atoms with Gasteiger partial charge in [-0.3, -0.25) is 19.7 Å². The second-order valence-corrected chi connectivity index (χ2v) is 11.2. The highest BCUT2D eigenvalue weighted by molar-refractivity contribution is 9.10. The van der Waals surface area contributed by atoms with Crippen LogP contribution in [-0.4, -0.2) is 65.2 Å². The van der Waals surface area contributed by atoms with Crippen molar-refractivity contribution < 1.29 is 24.4 Å². The number of rotatable bonds is 7. The van der Waals surface area contributed by atoms with Crippen molar-refractivity contribution in [1.82, 2.24) is 5.01 Å². The van der Waals surface area contributed by atoms with E-state index in [1.54, 1.807) is 41.4 Å². The fraction of sp³-hybridized carbons (Fsp3) is 0.267. The van der Waals surface area contributed by atoms with Crippen LogP contribution in [0.1, 0.15) is 11.7 Å². The van der Waals surface area contributed by atoms with Crippen LogP contribution in [0, 0.1) is 16.0 Å². The lowest BCUT2D eigenvalue weighted by atomic mass is 9.90. The number of benzene rings is 3. The summed E-state index contributed by atoms with van der Waals surface area (Å²) in [6, 6.07) is 18.6. The highest BCUT2D eigenvalue weighted by Crippen LogP contribution is 2.38. The van der Waals surface area contributed by atoms with Crippen molar-refractivity contribution in [3.05, 3.63) is 105 Å². The number of carbonyl (C=O) groups excluding carboxylic acids is 2. The molecule has 0 saturated carbocycles. The van der Waals surface area contributed by atoms with Crippen LogP contribution >= 0.6 is 15.9 Å². The lowest BCUT2D eigenvalue weighted by Crippen LogP contribution is -2.55. The molecule has 42 heavy (non-hydrogen) atoms. The quantitative estimate of drug-likeness (QED) is 0.171. The number of non-ortho nitro benzene ring substituents is 1. The molecular formula is C30H28BrN5O6. The summed E-state index contributed by atoms with van der Waals surface area (Å²) in [7, 11) is 0. The van der Waals surface area contributed by atoms with Gasteiger partial charge in [-0.2, -0.15) is 0 Å². The molecule has 0 radical (unpaired) electrons. The maximum absolute atomic E-state index is 14.0. The first-order valence-electron chi connectivity index (χ1n) is 13.5. The Bertz CT molecular complexity index is 1510. The van der Waals surface area contributed by atoms with E-state index in [-0.39, 0.29) is 11.6 Å². The fourth-order valence-corrected chi connectivity index (χ4v) is 5.89. The van der Waals surface area contributed by atoms with E-state index in [2.05, 4.69) is 26.3 Å². The van der Waals surface area contributed by atoms with E-state index in [4.69, 9.17) is 4.74 Å². The monoisotopic (exact) mass is 633 g/mol. The molecule has 3 aliphatic heterocycles. The molecule has 6 rings (SSSR count). The predicted molar refractivity (Wildman–Crippen MR) is 160 cm³/mol. The van der Waals surface area contributed by atoms with Gasteiger partial charge in [0, 0.05) is 41.1 Å². The number of nitrogens with zero attached hydrogens (tertiary/aromatic N) is 4. The molecule has 0 bridgehead atoms. The van der Waals surface area contributed by atoms with Gasteiger partial charge in [0.15, 0.2) is 0 Å². The summed E-state index contributed by atoms with van der Waals surface area (Å²) in [5.41, 5.74) is 5.63. The van der Waals surface area contributed by atoms with Crippen LogP contribution in [0.3, 0.4) is 0 Å². The molecular weight excluding hydrogens is 606 g/mol. The summed E-state index contributed by atoms with van der Waals surface area (Å²) in [5.74, 6) is -1.60. The number of halogens is 1. The number of nitro groups is 1. The maximum atomic E-state index is 14.0. The molecule has 2 fully saturated rings. The summed E-state index contributed by atoms with van der Waals surface area (Å²) < 4.78 is 6.28. The largest absolute Gasteiger partial charge is 0.386 e. The van der Waals surface area contributed by atoms with Crippen molar-refractivity contribution in [1.29, 1.82) is 0 Å². The summed E-state index contributed by atoms with van der Waals surface area (Å²) in [6.07, 6.45) is 2.36. The number of hydrogen-bond donors (Lipinski definition) is 2. The van der Waals surface area contributed by atoms with Crippen molar-refractivity contribution in [3.63, 3.8) is 0 Å². The number of amides is 2. The third-order valence-electron chi connectivity index (χ3n) is 7.81. The molecule has 0 aliphatic carbocycles. The van der Waals surface area contributed by atoms with Crippen molar-refractivity contribution >= 4 is 50.5 Å². The summed E-state index contributed by atoms with van der Waals surface area (Å²) in [5, 5.41) is 24.2. The minimum Gasteiger partial charge on any atom is -0.386 e. The number of hydrazine groups is 1. The van der Waals surface area contributed by atoms with E-state index < -0.39 is 34.9 Å². The van der Waals surface area contributed by atoms with Crippen molar-refractivity contribution in [2.45, 2.75) is 18.2 Å². The Morgan fingerprint density at radius 1 is 0.905 bits per heavy atom. The Balaban J connectivity index is 1.32. The van der Waals surface area contributed by atoms with Crippen LogP contribution in [0.4, 0.5) is 22.7 Å². The van der Waals surface area contributed by atoms with E-state index in [0.29, 0.717) is 30.2 Å². The zero-order valence-electron chi connectivity index (χ0n) is 22.4. The zero-order valence-corrected chi connectivity index (χ0v) is 24.0. The van der Waals surface area contributed by atoms with E-state index in [0.717, 1.165) is 23.2 Å². The van der Waals surface area contributed by atoms with Crippen LogP contribution < -0.4 is 15.2 Å². The second kappa shape index (κ2) is 11.6. The Morgan fingerprint density at radius 2 is 1.55 bits per heavy atom. The smallest absolute Gasteiger partial charge is 0.269 e. The Labute approximate surface area is 250 Å². The van der Waals surface area contributed by atoms with Gasteiger partial charge >= 0.3 is 0 Å². The Kier molecular flexibility index (Phi) is 7.78. The number of imide groups is 1. The molecule has 3 aromatic carbocycles. The normalized spacial score (nSPS) is 23.1. The van der Waals surface area contributed by atoms with Crippen molar-refractivity contribution in [3.8, 4) is 0 Å². The Morgan fingerprint density at radius 3 is 2.19 bits per heavy atom. The number of hydrogen-bond acceptors (Lipinski definition) is 9. The molecule has 0 spiro atoms. The molecule has 4 atom stereocenters. The number of ether oxygens (including phenoxy) is 1. The van der Waals surface area contributed by atoms with Gasteiger partial charge in [-0.15, -0.1) is 0 Å². The lowest BCUT2D eigenvalue weighted by molar-refractivity contribution is -0.384. The molecule has 3 heterocycles. The molecule has 3 aromatic rings. The van der Waals surface area contributed by atoms with Gasteiger partial charge in [0.05, 0.1) is 41.9 Å². The Hall–Kier alpha value is -4.10. The molecule has 216 valence electrons. The molecule has 12 heteroatoms. The number of anilines is 3. The molecule has 0 aromatic heterocycles. The molecule has 11 nitrogen and oxygen atoms in total. The van der Waals surface area contributed by atoms with E-state index in [1.807, 2.05) is 24.3 Å². The maximum Gasteiger partial charge on any atom is 0.269 e. The third kappa shape index (κ3) is 5.29. The minimum absolute atomic E-state index is 0.0813. The van der Waals surface area contributed by atoms with Gasteiger partial charge in [-0.05, 0) is 54.1 Å². The van der Waals surface area contributed by atoms with Gasteiger partial charge in [0.25, 0.3) is 11.6 Å². The average molecular weight is 634 g/mol. The zero-order chi connectivity index (χ0) is 29.4. The number of nitrogens with one attached hydrogen (secondary N) is 1. The van der Waals surface area contributed by atoms with Crippen LogP contribution in [0.5, 0.6) is 0 Å². The molecule has 3 aliphatic rings. The first-order chi connectivity index (χ1) is 20.3.